The standard InChI is InChI=1S/C11HF17O2/c12-2(1(29)30)5(15,16)3(13)4(14,7(19,20)6(2,17)18)9(23,24)11(27,28)10(25,26)8(3,21)22/h(H,29,30)/t2-,3-,4-/m1/s1. The second-order valence-electron chi connectivity index (χ2n) is 6.30. The molecule has 1 N–H and O–H groups in total. The lowest BCUT2D eigenvalue weighted by molar-refractivity contribution is -0.546. The van der Waals surface area contributed by atoms with E-state index < -0.39 is 64.4 Å². The molecule has 2 aliphatic carbocycles. The third-order valence-corrected chi connectivity index (χ3v) is 4.94. The Hall–Kier alpha value is -1.72. The van der Waals surface area contributed by atoms with E-state index in [2.05, 4.69) is 0 Å². The van der Waals surface area contributed by atoms with Crippen LogP contribution in [0, 0.1) is 0 Å². The third kappa shape index (κ3) is 1.57. The van der Waals surface area contributed by atoms with Crippen molar-refractivity contribution in [1.29, 1.82) is 0 Å². The van der Waals surface area contributed by atoms with Gasteiger partial charge in [0.2, 0.25) is 0 Å². The van der Waals surface area contributed by atoms with Gasteiger partial charge < -0.3 is 5.11 Å². The SMILES string of the molecule is O=C(O)[C@]1(F)C(F)(F)C(F)(F)[C@@]2(F)C(F)(F)C(F)(F)C(F)(F)C(F)(F)[C@]2(F)C1(F)F. The van der Waals surface area contributed by atoms with Gasteiger partial charge in [0, 0.05) is 0 Å². The summed E-state index contributed by atoms with van der Waals surface area (Å²) in [5.41, 5.74) is -25.2. The van der Waals surface area contributed by atoms with Crippen molar-refractivity contribution in [3.05, 3.63) is 0 Å². The molecular weight excluding hydrogens is 487 g/mol. The van der Waals surface area contributed by atoms with Crippen molar-refractivity contribution in [1.82, 2.24) is 0 Å². The number of carboxylic acid groups (broad SMARTS) is 1. The van der Waals surface area contributed by atoms with Gasteiger partial charge in [0.15, 0.2) is 0 Å². The van der Waals surface area contributed by atoms with Crippen LogP contribution < -0.4 is 0 Å². The molecule has 19 heteroatoms. The zero-order valence-electron chi connectivity index (χ0n) is 12.8. The maximum Gasteiger partial charge on any atom is 0.382 e. The minimum absolute atomic E-state index is 4.73. The highest BCUT2D eigenvalue weighted by Gasteiger charge is 3.15. The first-order valence-electron chi connectivity index (χ1n) is 6.64. The molecule has 0 heterocycles. The summed E-state index contributed by atoms with van der Waals surface area (Å²) in [6, 6.07) is 0. The van der Waals surface area contributed by atoms with E-state index in [9.17, 15) is 79.4 Å². The fourth-order valence-corrected chi connectivity index (χ4v) is 3.22. The average molecular weight is 488 g/mol. The first-order valence-corrected chi connectivity index (χ1v) is 6.64. The lowest BCUT2D eigenvalue weighted by atomic mass is 9.52. The van der Waals surface area contributed by atoms with Gasteiger partial charge in [-0.15, -0.1) is 0 Å². The molecular formula is C11HF17O2. The van der Waals surface area contributed by atoms with Crippen LogP contribution in [0.2, 0.25) is 0 Å². The maximum absolute atomic E-state index is 14.5. The number of aliphatic carboxylic acids is 1. The van der Waals surface area contributed by atoms with Gasteiger partial charge in [-0.1, -0.05) is 0 Å². The van der Waals surface area contributed by atoms with Gasteiger partial charge in [-0.3, -0.25) is 0 Å². The second-order valence-corrected chi connectivity index (χ2v) is 6.30. The van der Waals surface area contributed by atoms with Gasteiger partial charge in [-0.25, -0.2) is 18.0 Å². The molecule has 0 bridgehead atoms. The van der Waals surface area contributed by atoms with Gasteiger partial charge in [-0.2, -0.15) is 61.5 Å². The van der Waals surface area contributed by atoms with Crippen molar-refractivity contribution in [3.63, 3.8) is 0 Å². The highest BCUT2D eigenvalue weighted by Crippen LogP contribution is 2.80. The van der Waals surface area contributed by atoms with Gasteiger partial charge in [-0.05, 0) is 0 Å². The molecule has 30 heavy (non-hydrogen) atoms. The molecule has 0 unspecified atom stereocenters. The highest BCUT2D eigenvalue weighted by atomic mass is 19.4. The Morgan fingerprint density at radius 2 is 0.633 bits per heavy atom. The molecule has 2 aliphatic rings. The molecule has 0 aromatic heterocycles. The largest absolute Gasteiger partial charge is 0.479 e. The second kappa shape index (κ2) is 5.02. The fourth-order valence-electron chi connectivity index (χ4n) is 3.22. The molecule has 0 radical (unpaired) electrons. The number of carboxylic acids is 1. The van der Waals surface area contributed by atoms with Crippen LogP contribution in [0.3, 0.4) is 0 Å². The van der Waals surface area contributed by atoms with E-state index in [1.165, 1.54) is 0 Å². The number of halogens is 17. The Balaban J connectivity index is 3.29. The zero-order valence-corrected chi connectivity index (χ0v) is 12.8. The summed E-state index contributed by atoms with van der Waals surface area (Å²) in [7, 11) is 0. The first-order chi connectivity index (χ1) is 12.7. The molecule has 0 saturated heterocycles. The first kappa shape index (κ1) is 24.5. The number of carbonyl (C=O) groups is 1. The van der Waals surface area contributed by atoms with Crippen LogP contribution in [-0.2, 0) is 4.79 Å². The van der Waals surface area contributed by atoms with Crippen molar-refractivity contribution in [2.24, 2.45) is 0 Å². The number of alkyl halides is 17. The van der Waals surface area contributed by atoms with Crippen LogP contribution >= 0.6 is 0 Å². The molecule has 2 nitrogen and oxygen atoms in total. The number of hydrogen-bond donors (Lipinski definition) is 1. The van der Waals surface area contributed by atoms with E-state index in [1.807, 2.05) is 0 Å². The Morgan fingerprint density at radius 1 is 0.400 bits per heavy atom. The lowest BCUT2D eigenvalue weighted by Crippen LogP contribution is -2.99. The smallest absolute Gasteiger partial charge is 0.382 e. The summed E-state index contributed by atoms with van der Waals surface area (Å²) >= 11 is 0. The predicted molar refractivity (Wildman–Crippen MR) is 53.8 cm³/mol. The van der Waals surface area contributed by atoms with Crippen molar-refractivity contribution >= 4 is 5.97 Å². The molecule has 176 valence electrons. The van der Waals surface area contributed by atoms with Crippen molar-refractivity contribution < 1.29 is 84.5 Å². The van der Waals surface area contributed by atoms with Gasteiger partial charge >= 0.3 is 53.1 Å². The van der Waals surface area contributed by atoms with E-state index >= 15 is 0 Å². The van der Waals surface area contributed by atoms with Crippen LogP contribution in [-0.4, -0.2) is 69.5 Å². The quantitative estimate of drug-likeness (QED) is 0.546. The number of fused-ring (bicyclic) bond motifs is 1. The minimum Gasteiger partial charge on any atom is -0.479 e. The maximum atomic E-state index is 14.5. The molecule has 0 aromatic carbocycles. The summed E-state index contributed by atoms with van der Waals surface area (Å²) in [6.45, 7) is 0. The van der Waals surface area contributed by atoms with Gasteiger partial charge in [0.25, 0.3) is 11.3 Å². The third-order valence-electron chi connectivity index (χ3n) is 4.94. The molecule has 0 amide bonds. The lowest BCUT2D eigenvalue weighted by Gasteiger charge is -2.63. The molecule has 0 aliphatic heterocycles. The molecule has 3 atom stereocenters. The minimum atomic E-state index is -8.68. The fraction of sp³-hybridized carbons (Fsp3) is 0.909. The summed E-state index contributed by atoms with van der Waals surface area (Å²) in [4.78, 5) is 10.5. The Labute approximate surface area is 150 Å². The molecule has 0 aromatic rings. The monoisotopic (exact) mass is 488 g/mol. The highest BCUT2D eigenvalue weighted by molar-refractivity contribution is 5.82. The normalized spacial score (nSPS) is 44.0. The Morgan fingerprint density at radius 3 is 0.900 bits per heavy atom. The van der Waals surface area contributed by atoms with E-state index in [0.29, 0.717) is 0 Å². The van der Waals surface area contributed by atoms with Crippen LogP contribution in [0.5, 0.6) is 0 Å². The van der Waals surface area contributed by atoms with E-state index in [0.717, 1.165) is 0 Å². The number of hydrogen-bond acceptors (Lipinski definition) is 1. The average Bonchev–Trinajstić information content (AvgIpc) is 2.55. The summed E-state index contributed by atoms with van der Waals surface area (Å²) in [5, 5.41) is 8.10. The molecule has 2 saturated carbocycles. The van der Waals surface area contributed by atoms with Crippen LogP contribution in [0.15, 0.2) is 0 Å². The topological polar surface area (TPSA) is 37.3 Å². The van der Waals surface area contributed by atoms with Gasteiger partial charge in [0.1, 0.15) is 0 Å². The number of rotatable bonds is 1. The van der Waals surface area contributed by atoms with E-state index in [1.54, 1.807) is 0 Å². The van der Waals surface area contributed by atoms with E-state index in [-0.39, 0.29) is 0 Å². The van der Waals surface area contributed by atoms with E-state index in [4.69, 9.17) is 5.11 Å². The zero-order chi connectivity index (χ0) is 24.6. The molecule has 2 fully saturated rings. The van der Waals surface area contributed by atoms with Crippen molar-refractivity contribution in [2.45, 2.75) is 58.5 Å². The van der Waals surface area contributed by atoms with Gasteiger partial charge in [0.05, 0.1) is 0 Å². The summed E-state index contributed by atoms with van der Waals surface area (Å²) in [5.74, 6) is -63.4. The predicted octanol–water partition coefficient (Wildman–Crippen LogP) is 4.67. The Kier molecular flexibility index (Phi) is 4.11. The Bertz CT molecular complexity index is 804. The molecule has 2 rings (SSSR count). The van der Waals surface area contributed by atoms with Crippen molar-refractivity contribution in [3.8, 4) is 0 Å². The van der Waals surface area contributed by atoms with Crippen LogP contribution in [0.4, 0.5) is 74.6 Å². The van der Waals surface area contributed by atoms with Crippen molar-refractivity contribution in [2.75, 3.05) is 0 Å². The van der Waals surface area contributed by atoms with Crippen LogP contribution in [0.25, 0.3) is 0 Å². The summed E-state index contributed by atoms with van der Waals surface area (Å²) < 4.78 is 233. The van der Waals surface area contributed by atoms with Crippen LogP contribution in [0.1, 0.15) is 0 Å². The summed E-state index contributed by atoms with van der Waals surface area (Å²) in [6.07, 6.45) is 0. The molecule has 0 spiro atoms.